The topological polar surface area (TPSA) is 56.1 Å². The molecule has 2 aromatic rings. The third-order valence-corrected chi connectivity index (χ3v) is 6.27. The number of anilines is 1. The number of carbonyl (C=O) groups excluding carboxylic acids is 1. The summed E-state index contributed by atoms with van der Waals surface area (Å²) in [4.78, 5) is 15.3. The van der Waals surface area contributed by atoms with Gasteiger partial charge in [0.05, 0.1) is 23.3 Å². The van der Waals surface area contributed by atoms with E-state index in [4.69, 9.17) is 28.3 Å². The van der Waals surface area contributed by atoms with Gasteiger partial charge in [-0.3, -0.25) is 14.7 Å². The van der Waals surface area contributed by atoms with Crippen molar-refractivity contribution in [2.24, 2.45) is 5.10 Å². The zero-order valence-corrected chi connectivity index (χ0v) is 18.2. The molecule has 7 heteroatoms. The van der Waals surface area contributed by atoms with E-state index in [0.29, 0.717) is 34.4 Å². The highest BCUT2D eigenvalue weighted by Gasteiger charge is 2.33. The summed E-state index contributed by atoms with van der Waals surface area (Å²) >= 11 is 12.5. The van der Waals surface area contributed by atoms with Crippen LogP contribution in [0, 0.1) is 0 Å². The van der Waals surface area contributed by atoms with E-state index in [1.54, 1.807) is 29.3 Å². The molecule has 0 radical (unpaired) electrons. The number of rotatable bonds is 5. The molecular weight excluding hydrogens is 421 g/mol. The summed E-state index contributed by atoms with van der Waals surface area (Å²) in [7, 11) is 0. The average Bonchev–Trinajstić information content (AvgIpc) is 3.00. The standard InChI is InChI=1S/C23H25Cl2N3O2/c24-17-7-10-21(19(25)13-17)28-22(16-5-8-18(29)9-6-16)14-20(26-28)23(30)15-27-11-3-1-2-4-12-27/h5-10,13,22,29H,1-4,11-12,14-15H2. The Labute approximate surface area is 186 Å². The molecule has 0 spiro atoms. The second kappa shape index (κ2) is 9.38. The quantitative estimate of drug-likeness (QED) is 0.664. The molecule has 2 aliphatic rings. The maximum absolute atomic E-state index is 13.1. The van der Waals surface area contributed by atoms with Gasteiger partial charge in [0, 0.05) is 11.4 Å². The van der Waals surface area contributed by atoms with E-state index < -0.39 is 0 Å². The third kappa shape index (κ3) is 4.80. The molecule has 1 atom stereocenters. The lowest BCUT2D eigenvalue weighted by Gasteiger charge is -2.25. The number of hydrogen-bond acceptors (Lipinski definition) is 5. The van der Waals surface area contributed by atoms with Crippen molar-refractivity contribution in [2.45, 2.75) is 38.1 Å². The van der Waals surface area contributed by atoms with Gasteiger partial charge in [0.2, 0.25) is 0 Å². The van der Waals surface area contributed by atoms with Gasteiger partial charge < -0.3 is 5.11 Å². The first-order chi connectivity index (χ1) is 14.5. The molecular formula is C23H25Cl2N3O2. The van der Waals surface area contributed by atoms with Crippen LogP contribution >= 0.6 is 23.2 Å². The number of hydrazone groups is 1. The normalized spacial score (nSPS) is 20.1. The Bertz CT molecular complexity index is 938. The SMILES string of the molecule is O=C(CN1CCCCCC1)C1=NN(c2ccc(Cl)cc2Cl)C(c2ccc(O)cc2)C1. The van der Waals surface area contributed by atoms with Crippen LogP contribution in [0.15, 0.2) is 47.6 Å². The number of halogens is 2. The molecule has 0 bridgehead atoms. The lowest BCUT2D eigenvalue weighted by molar-refractivity contribution is -0.114. The highest BCUT2D eigenvalue weighted by Crippen LogP contribution is 2.40. The Hall–Kier alpha value is -2.08. The van der Waals surface area contributed by atoms with Crippen LogP contribution in [0.1, 0.15) is 43.7 Å². The van der Waals surface area contributed by atoms with Gasteiger partial charge in [-0.15, -0.1) is 0 Å². The van der Waals surface area contributed by atoms with Crippen LogP contribution in [0.2, 0.25) is 10.0 Å². The Morgan fingerprint density at radius 2 is 1.73 bits per heavy atom. The third-order valence-electron chi connectivity index (χ3n) is 5.73. The molecule has 5 nitrogen and oxygen atoms in total. The fourth-order valence-corrected chi connectivity index (χ4v) is 4.61. The van der Waals surface area contributed by atoms with Crippen molar-refractivity contribution in [3.8, 4) is 5.75 Å². The first kappa shape index (κ1) is 21.2. The first-order valence-electron chi connectivity index (χ1n) is 10.4. The second-order valence-electron chi connectivity index (χ2n) is 7.91. The van der Waals surface area contributed by atoms with Crippen LogP contribution in [0.4, 0.5) is 5.69 Å². The zero-order valence-electron chi connectivity index (χ0n) is 16.7. The molecule has 0 aliphatic carbocycles. The van der Waals surface area contributed by atoms with Crippen LogP contribution in [0.3, 0.4) is 0 Å². The van der Waals surface area contributed by atoms with E-state index in [0.717, 1.165) is 31.5 Å². The number of Topliss-reactive ketones (excluding diaryl/α,β-unsaturated/α-hetero) is 1. The number of phenolic OH excluding ortho intramolecular Hbond substituents is 1. The Morgan fingerprint density at radius 1 is 1.03 bits per heavy atom. The van der Waals surface area contributed by atoms with Crippen molar-refractivity contribution in [2.75, 3.05) is 24.6 Å². The van der Waals surface area contributed by atoms with Gasteiger partial charge in [0.25, 0.3) is 0 Å². The lowest BCUT2D eigenvalue weighted by Crippen LogP contribution is -2.33. The number of likely N-dealkylation sites (tertiary alicyclic amines) is 1. The van der Waals surface area contributed by atoms with Gasteiger partial charge in [-0.25, -0.2) is 0 Å². The van der Waals surface area contributed by atoms with Gasteiger partial charge in [0.1, 0.15) is 11.5 Å². The van der Waals surface area contributed by atoms with Crippen molar-refractivity contribution in [3.63, 3.8) is 0 Å². The molecule has 30 heavy (non-hydrogen) atoms. The van der Waals surface area contributed by atoms with E-state index in [1.165, 1.54) is 12.8 Å². The van der Waals surface area contributed by atoms with Gasteiger partial charge >= 0.3 is 0 Å². The van der Waals surface area contributed by atoms with Gasteiger partial charge in [0.15, 0.2) is 5.78 Å². The van der Waals surface area contributed by atoms with Crippen molar-refractivity contribution in [3.05, 3.63) is 58.1 Å². The molecule has 2 aromatic carbocycles. The number of ketones is 1. The monoisotopic (exact) mass is 445 g/mol. The fraction of sp³-hybridized carbons (Fsp3) is 0.391. The van der Waals surface area contributed by atoms with E-state index in [9.17, 15) is 9.90 Å². The smallest absolute Gasteiger partial charge is 0.192 e. The number of hydrogen-bond donors (Lipinski definition) is 1. The molecule has 0 saturated carbocycles. The molecule has 1 N–H and O–H groups in total. The van der Waals surface area contributed by atoms with Crippen molar-refractivity contribution in [1.82, 2.24) is 4.90 Å². The number of phenols is 1. The minimum Gasteiger partial charge on any atom is -0.508 e. The molecule has 2 aliphatic heterocycles. The minimum absolute atomic E-state index is 0.0632. The summed E-state index contributed by atoms with van der Waals surface area (Å²) in [5.41, 5.74) is 2.22. The molecule has 2 heterocycles. The average molecular weight is 446 g/mol. The van der Waals surface area contributed by atoms with Gasteiger partial charge in [-0.2, -0.15) is 5.10 Å². The maximum Gasteiger partial charge on any atom is 0.192 e. The number of aromatic hydroxyl groups is 1. The Morgan fingerprint density at radius 3 is 2.40 bits per heavy atom. The van der Waals surface area contributed by atoms with Crippen molar-refractivity contribution in [1.29, 1.82) is 0 Å². The largest absolute Gasteiger partial charge is 0.508 e. The van der Waals surface area contributed by atoms with Crippen LogP contribution < -0.4 is 5.01 Å². The summed E-state index contributed by atoms with van der Waals surface area (Å²) in [5, 5.41) is 17.2. The fourth-order valence-electron chi connectivity index (χ4n) is 4.11. The van der Waals surface area contributed by atoms with E-state index in [-0.39, 0.29) is 17.6 Å². The summed E-state index contributed by atoms with van der Waals surface area (Å²) in [6, 6.07) is 12.1. The zero-order chi connectivity index (χ0) is 21.1. The molecule has 1 fully saturated rings. The van der Waals surface area contributed by atoms with Crippen molar-refractivity contribution < 1.29 is 9.90 Å². The second-order valence-corrected chi connectivity index (χ2v) is 8.76. The van der Waals surface area contributed by atoms with Crippen LogP contribution in [-0.4, -0.2) is 41.1 Å². The Balaban J connectivity index is 1.61. The number of nitrogens with zero attached hydrogens (tertiary/aromatic N) is 3. The highest BCUT2D eigenvalue weighted by atomic mass is 35.5. The lowest BCUT2D eigenvalue weighted by atomic mass is 9.99. The van der Waals surface area contributed by atoms with Crippen LogP contribution in [-0.2, 0) is 4.79 Å². The van der Waals surface area contributed by atoms with Crippen LogP contribution in [0.25, 0.3) is 0 Å². The molecule has 1 unspecified atom stereocenters. The maximum atomic E-state index is 13.1. The highest BCUT2D eigenvalue weighted by molar-refractivity contribution is 6.41. The predicted octanol–water partition coefficient (Wildman–Crippen LogP) is 5.45. The van der Waals surface area contributed by atoms with E-state index in [2.05, 4.69) is 4.90 Å². The minimum atomic E-state index is -0.174. The van der Waals surface area contributed by atoms with Crippen LogP contribution in [0.5, 0.6) is 5.75 Å². The molecule has 0 aromatic heterocycles. The van der Waals surface area contributed by atoms with E-state index in [1.807, 2.05) is 18.2 Å². The van der Waals surface area contributed by atoms with Gasteiger partial charge in [-0.05, 0) is 61.8 Å². The summed E-state index contributed by atoms with van der Waals surface area (Å²) in [6.07, 6.45) is 5.25. The summed E-state index contributed by atoms with van der Waals surface area (Å²) in [6.45, 7) is 2.34. The molecule has 158 valence electrons. The molecule has 1 saturated heterocycles. The summed E-state index contributed by atoms with van der Waals surface area (Å²) in [5.74, 6) is 0.263. The van der Waals surface area contributed by atoms with E-state index >= 15 is 0 Å². The predicted molar refractivity (Wildman–Crippen MR) is 122 cm³/mol. The molecule has 4 rings (SSSR count). The summed E-state index contributed by atoms with van der Waals surface area (Å²) < 4.78 is 0. The molecule has 0 amide bonds. The number of carbonyl (C=O) groups is 1. The Kier molecular flexibility index (Phi) is 6.61. The van der Waals surface area contributed by atoms with Crippen molar-refractivity contribution >= 4 is 40.4 Å². The first-order valence-corrected chi connectivity index (χ1v) is 11.1. The number of benzene rings is 2. The van der Waals surface area contributed by atoms with Gasteiger partial charge in [-0.1, -0.05) is 48.2 Å².